The first kappa shape index (κ1) is 40.8. The third-order valence-corrected chi connectivity index (χ3v) is 11.1. The summed E-state index contributed by atoms with van der Waals surface area (Å²) in [6.45, 7) is 0. The van der Waals surface area contributed by atoms with Crippen molar-refractivity contribution in [3.63, 3.8) is 0 Å². The zero-order valence-electron chi connectivity index (χ0n) is 34.6. The van der Waals surface area contributed by atoms with Crippen molar-refractivity contribution in [1.29, 1.82) is 0 Å². The smallest absolute Gasteiger partial charge is 0.343 e. The topological polar surface area (TPSA) is 146 Å². The van der Waals surface area contributed by atoms with Gasteiger partial charge in [0.2, 0.25) is 0 Å². The van der Waals surface area contributed by atoms with Gasteiger partial charge in [0, 0.05) is 5.56 Å². The predicted octanol–water partition coefficient (Wildman–Crippen LogP) is 12.3. The van der Waals surface area contributed by atoms with Crippen molar-refractivity contribution in [2.75, 3.05) is 0 Å². The van der Waals surface area contributed by atoms with Crippen molar-refractivity contribution in [3.05, 3.63) is 216 Å². The molecule has 0 radical (unpaired) electrons. The number of rotatable bonds is 9. The van der Waals surface area contributed by atoms with E-state index in [-0.39, 0.29) is 45.6 Å². The third kappa shape index (κ3) is 8.33. The molecule has 0 saturated heterocycles. The van der Waals surface area contributed by atoms with Crippen LogP contribution in [0.2, 0.25) is 0 Å². The summed E-state index contributed by atoms with van der Waals surface area (Å²) in [6.07, 6.45) is 0. The summed E-state index contributed by atoms with van der Waals surface area (Å²) in [6, 6.07) is 54.2. The van der Waals surface area contributed by atoms with Crippen LogP contribution in [-0.2, 0) is 0 Å². The van der Waals surface area contributed by atoms with Gasteiger partial charge in [0.25, 0.3) is 0 Å². The summed E-state index contributed by atoms with van der Waals surface area (Å²) < 4.78 is 23.3. The minimum atomic E-state index is -0.651. The Balaban J connectivity index is 0.889. The highest BCUT2D eigenvalue weighted by Crippen LogP contribution is 2.43. The third-order valence-electron chi connectivity index (χ3n) is 11.1. The molecule has 0 fully saturated rings. The molecule has 0 aliphatic carbocycles. The fourth-order valence-electron chi connectivity index (χ4n) is 7.86. The van der Waals surface area contributed by atoms with Gasteiger partial charge in [-0.25, -0.2) is 19.2 Å². The number of phenolic OH excluding ortho intramolecular Hbond substituents is 2. The number of aromatic hydroxyl groups is 2. The van der Waals surface area contributed by atoms with Crippen molar-refractivity contribution in [3.8, 4) is 45.6 Å². The minimum absolute atomic E-state index is 0.127. The fourth-order valence-corrected chi connectivity index (χ4v) is 7.86. The van der Waals surface area contributed by atoms with Gasteiger partial charge in [-0.15, -0.1) is 0 Å². The molecule has 0 heterocycles. The summed E-state index contributed by atoms with van der Waals surface area (Å²) in [5.74, 6) is -1.25. The van der Waals surface area contributed by atoms with Gasteiger partial charge in [0.05, 0.1) is 22.3 Å². The molecule has 10 heteroatoms. The summed E-state index contributed by atoms with van der Waals surface area (Å²) in [7, 11) is 0. The lowest BCUT2D eigenvalue weighted by Gasteiger charge is -2.17. The maximum Gasteiger partial charge on any atom is 0.343 e. The van der Waals surface area contributed by atoms with Crippen LogP contribution in [-0.4, -0.2) is 34.1 Å². The molecule has 0 unspecified atom stereocenters. The second-order valence-electron chi connectivity index (χ2n) is 15.5. The van der Waals surface area contributed by atoms with Crippen molar-refractivity contribution in [1.82, 2.24) is 0 Å². The number of hydrogen-bond donors (Lipinski definition) is 2. The highest BCUT2D eigenvalue weighted by atomic mass is 16.5. The molecule has 0 bridgehead atoms. The van der Waals surface area contributed by atoms with Crippen LogP contribution in [0.1, 0.15) is 41.4 Å². The van der Waals surface area contributed by atoms with Crippen LogP contribution in [0.4, 0.5) is 0 Å². The van der Waals surface area contributed by atoms with Crippen LogP contribution in [0.15, 0.2) is 194 Å². The molecule has 318 valence electrons. The molecule has 0 aliphatic heterocycles. The standard InChI is InChI=1S/C56H34O10/c57-43-20-13-36-27-41(11-9-38(36)29-43)55(61)63-45-22-15-34(16-23-45)53(59)65-47-31-40-6-2-3-7-48(40)50(32-47)52-49-8-4-1-5-33(49)19-26-51(52)66-54(60)35-17-24-46(25-18-35)64-56(62)42-12-10-39-30-44(58)21-14-37(39)28-42/h1-32,57-58H. The first-order chi connectivity index (χ1) is 32.1. The zero-order valence-corrected chi connectivity index (χ0v) is 34.6. The average molecular weight is 867 g/mol. The van der Waals surface area contributed by atoms with E-state index in [0.29, 0.717) is 22.3 Å². The number of benzene rings is 10. The van der Waals surface area contributed by atoms with Gasteiger partial charge in [-0.05, 0) is 164 Å². The van der Waals surface area contributed by atoms with E-state index in [2.05, 4.69) is 0 Å². The van der Waals surface area contributed by atoms with Gasteiger partial charge in [-0.1, -0.05) is 78.9 Å². The second kappa shape index (κ2) is 17.1. The van der Waals surface area contributed by atoms with E-state index >= 15 is 0 Å². The first-order valence-electron chi connectivity index (χ1n) is 20.7. The average Bonchev–Trinajstić information content (AvgIpc) is 3.33. The number of carbonyl (C=O) groups excluding carboxylic acids is 4. The van der Waals surface area contributed by atoms with Crippen LogP contribution < -0.4 is 18.9 Å². The van der Waals surface area contributed by atoms with Crippen LogP contribution in [0, 0.1) is 0 Å². The maximum atomic E-state index is 13.8. The highest BCUT2D eigenvalue weighted by Gasteiger charge is 2.21. The Kier molecular flexibility index (Phi) is 10.6. The Morgan fingerprint density at radius 1 is 0.318 bits per heavy atom. The van der Waals surface area contributed by atoms with Gasteiger partial charge in [-0.2, -0.15) is 0 Å². The molecule has 10 aromatic carbocycles. The van der Waals surface area contributed by atoms with E-state index in [0.717, 1.165) is 43.1 Å². The van der Waals surface area contributed by atoms with Crippen LogP contribution in [0.3, 0.4) is 0 Å². The van der Waals surface area contributed by atoms with E-state index in [1.165, 1.54) is 48.5 Å². The van der Waals surface area contributed by atoms with Crippen molar-refractivity contribution >= 4 is 67.0 Å². The SMILES string of the molecule is O=C(Oc1cc(-c2c(OC(=O)c3ccc(OC(=O)c4ccc5cc(O)ccc5c4)cc3)ccc3ccccc23)c2ccccc2c1)c1ccc(OC(=O)c2ccc3cc(O)ccc3c2)cc1. The van der Waals surface area contributed by atoms with Gasteiger partial charge >= 0.3 is 23.9 Å². The summed E-state index contributed by atoms with van der Waals surface area (Å²) in [5.41, 5.74) is 2.32. The minimum Gasteiger partial charge on any atom is -0.508 e. The van der Waals surface area contributed by atoms with Crippen molar-refractivity contribution < 1.29 is 48.3 Å². The van der Waals surface area contributed by atoms with Crippen LogP contribution >= 0.6 is 0 Å². The van der Waals surface area contributed by atoms with Gasteiger partial charge in [0.1, 0.15) is 34.5 Å². The number of esters is 4. The second-order valence-corrected chi connectivity index (χ2v) is 15.5. The molecular formula is C56H34O10. The number of carbonyl (C=O) groups is 4. The molecule has 10 nitrogen and oxygen atoms in total. The van der Waals surface area contributed by atoms with Gasteiger partial charge in [0.15, 0.2) is 0 Å². The van der Waals surface area contributed by atoms with E-state index in [9.17, 15) is 29.4 Å². The number of phenols is 2. The molecule has 0 amide bonds. The molecule has 0 aromatic heterocycles. The quantitative estimate of drug-likeness (QED) is 0.106. The van der Waals surface area contributed by atoms with E-state index in [1.807, 2.05) is 54.6 Å². The Morgan fingerprint density at radius 3 is 1.32 bits per heavy atom. The number of hydrogen-bond acceptors (Lipinski definition) is 10. The molecule has 0 atom stereocenters. The first-order valence-corrected chi connectivity index (χ1v) is 20.7. The highest BCUT2D eigenvalue weighted by molar-refractivity contribution is 6.09. The van der Waals surface area contributed by atoms with Crippen LogP contribution in [0.25, 0.3) is 54.2 Å². The predicted molar refractivity (Wildman–Crippen MR) is 251 cm³/mol. The maximum absolute atomic E-state index is 13.8. The van der Waals surface area contributed by atoms with Crippen molar-refractivity contribution in [2.45, 2.75) is 0 Å². The normalized spacial score (nSPS) is 11.1. The largest absolute Gasteiger partial charge is 0.508 e. The van der Waals surface area contributed by atoms with Crippen molar-refractivity contribution in [2.24, 2.45) is 0 Å². The molecule has 10 rings (SSSR count). The van der Waals surface area contributed by atoms with E-state index < -0.39 is 23.9 Å². The number of ether oxygens (including phenoxy) is 4. The molecule has 2 N–H and O–H groups in total. The zero-order chi connectivity index (χ0) is 45.3. The molecule has 0 aliphatic rings. The molecule has 66 heavy (non-hydrogen) atoms. The Hall–Kier alpha value is -9.28. The van der Waals surface area contributed by atoms with Gasteiger partial charge < -0.3 is 29.2 Å². The lowest BCUT2D eigenvalue weighted by Crippen LogP contribution is -2.11. The summed E-state index contributed by atoms with van der Waals surface area (Å²) in [4.78, 5) is 53.5. The molecule has 0 saturated carbocycles. The summed E-state index contributed by atoms with van der Waals surface area (Å²) in [5, 5.41) is 25.9. The molecule has 10 aromatic rings. The monoisotopic (exact) mass is 866 g/mol. The van der Waals surface area contributed by atoms with Crippen LogP contribution in [0.5, 0.6) is 34.5 Å². The van der Waals surface area contributed by atoms with E-state index in [4.69, 9.17) is 18.9 Å². The number of fused-ring (bicyclic) bond motifs is 4. The lowest BCUT2D eigenvalue weighted by atomic mass is 9.92. The Morgan fingerprint density at radius 2 is 0.742 bits per heavy atom. The Labute approximate surface area is 376 Å². The molecule has 0 spiro atoms. The Bertz CT molecular complexity index is 3580. The van der Waals surface area contributed by atoms with Gasteiger partial charge in [-0.3, -0.25) is 0 Å². The fraction of sp³-hybridized carbons (Fsp3) is 0. The lowest BCUT2D eigenvalue weighted by molar-refractivity contribution is 0.0720. The van der Waals surface area contributed by atoms with E-state index in [1.54, 1.807) is 91.0 Å². The molecular weight excluding hydrogens is 833 g/mol. The summed E-state index contributed by atoms with van der Waals surface area (Å²) >= 11 is 0.